The minimum Gasteiger partial charge on any atom is -0.508 e. The van der Waals surface area contributed by atoms with Crippen LogP contribution in [0.5, 0.6) is 5.75 Å². The highest BCUT2D eigenvalue weighted by Crippen LogP contribution is 2.19. The largest absolute Gasteiger partial charge is 0.508 e. The smallest absolute Gasteiger partial charge is 0.247 e. The van der Waals surface area contributed by atoms with Gasteiger partial charge in [0.15, 0.2) is 0 Å². The highest BCUT2D eigenvalue weighted by atomic mass is 32.1. The fourth-order valence-corrected chi connectivity index (χ4v) is 3.21. The molecule has 120 valence electrons. The Labute approximate surface area is 142 Å². The fraction of sp³-hybridized carbons (Fsp3) is 0.176. The average Bonchev–Trinajstić information content (AvgIpc) is 3.24. The summed E-state index contributed by atoms with van der Waals surface area (Å²) in [4.78, 5) is 12.5. The van der Waals surface area contributed by atoms with E-state index in [1.54, 1.807) is 12.1 Å². The molecular formula is C17H14N4O2S. The van der Waals surface area contributed by atoms with E-state index in [0.717, 1.165) is 27.9 Å². The molecule has 1 aliphatic rings. The zero-order chi connectivity index (χ0) is 16.5. The van der Waals surface area contributed by atoms with Gasteiger partial charge >= 0.3 is 0 Å². The van der Waals surface area contributed by atoms with Gasteiger partial charge in [-0.15, -0.1) is 0 Å². The number of aromatic nitrogens is 2. The number of carbonyl (C=O) groups excluding carboxylic acids is 1. The van der Waals surface area contributed by atoms with Crippen LogP contribution in [0.15, 0.2) is 47.6 Å². The van der Waals surface area contributed by atoms with Crippen LogP contribution in [0.3, 0.4) is 0 Å². The van der Waals surface area contributed by atoms with E-state index < -0.39 is 0 Å². The maximum absolute atomic E-state index is 12.5. The maximum atomic E-state index is 12.5. The molecule has 7 heteroatoms. The predicted molar refractivity (Wildman–Crippen MR) is 92.1 cm³/mol. The molecule has 0 bridgehead atoms. The first-order valence-corrected chi connectivity index (χ1v) is 8.30. The topological polar surface area (TPSA) is 78.7 Å². The second kappa shape index (κ2) is 6.01. The van der Waals surface area contributed by atoms with E-state index in [4.69, 9.17) is 0 Å². The van der Waals surface area contributed by atoms with E-state index >= 15 is 0 Å². The summed E-state index contributed by atoms with van der Waals surface area (Å²) in [6, 6.07) is 12.6. The van der Waals surface area contributed by atoms with Crippen LogP contribution < -0.4 is 0 Å². The molecule has 6 nitrogen and oxygen atoms in total. The molecule has 4 rings (SSSR count). The van der Waals surface area contributed by atoms with Crippen molar-refractivity contribution in [2.45, 2.75) is 12.8 Å². The quantitative estimate of drug-likeness (QED) is 0.796. The number of aromatic hydroxyl groups is 1. The van der Waals surface area contributed by atoms with Crippen molar-refractivity contribution < 1.29 is 9.90 Å². The van der Waals surface area contributed by atoms with Gasteiger partial charge in [-0.3, -0.25) is 4.79 Å². The third kappa shape index (κ3) is 2.85. The molecule has 24 heavy (non-hydrogen) atoms. The minimum atomic E-state index is -0.0358. The summed E-state index contributed by atoms with van der Waals surface area (Å²) in [6.45, 7) is 0.579. The molecule has 0 unspecified atom stereocenters. The van der Waals surface area contributed by atoms with Crippen molar-refractivity contribution in [2.24, 2.45) is 5.10 Å². The summed E-state index contributed by atoms with van der Waals surface area (Å²) < 4.78 is 8.36. The molecule has 0 spiro atoms. The number of rotatable bonds is 3. The van der Waals surface area contributed by atoms with E-state index in [2.05, 4.69) is 13.8 Å². The number of benzene rings is 2. The van der Waals surface area contributed by atoms with Crippen molar-refractivity contribution in [1.29, 1.82) is 0 Å². The van der Waals surface area contributed by atoms with Crippen molar-refractivity contribution in [3.05, 3.63) is 53.6 Å². The number of phenols is 1. The monoisotopic (exact) mass is 338 g/mol. The Morgan fingerprint density at radius 3 is 2.75 bits per heavy atom. The van der Waals surface area contributed by atoms with Gasteiger partial charge < -0.3 is 5.11 Å². The molecule has 0 saturated carbocycles. The second-order valence-electron chi connectivity index (χ2n) is 5.62. The lowest BCUT2D eigenvalue weighted by Crippen LogP contribution is -2.25. The van der Waals surface area contributed by atoms with Crippen LogP contribution in [0.1, 0.15) is 17.5 Å². The van der Waals surface area contributed by atoms with Crippen LogP contribution in [0.2, 0.25) is 0 Å². The van der Waals surface area contributed by atoms with Gasteiger partial charge in [-0.25, -0.2) is 5.01 Å². The number of amides is 1. The van der Waals surface area contributed by atoms with Crippen LogP contribution in [-0.2, 0) is 11.2 Å². The SMILES string of the molecule is O=C(Cc1ccc2nsnc2c1)N1CCC(c2ccc(O)cc2)=N1. The summed E-state index contributed by atoms with van der Waals surface area (Å²) in [5, 5.41) is 15.3. The van der Waals surface area contributed by atoms with Crippen molar-refractivity contribution in [1.82, 2.24) is 13.8 Å². The normalized spacial score (nSPS) is 14.2. The average molecular weight is 338 g/mol. The fourth-order valence-electron chi connectivity index (χ4n) is 2.70. The van der Waals surface area contributed by atoms with E-state index in [0.29, 0.717) is 19.4 Å². The Morgan fingerprint density at radius 1 is 1.12 bits per heavy atom. The molecule has 0 aliphatic carbocycles. The number of carbonyl (C=O) groups is 1. The lowest BCUT2D eigenvalue weighted by molar-refractivity contribution is -0.130. The van der Waals surface area contributed by atoms with Crippen molar-refractivity contribution in [2.75, 3.05) is 6.54 Å². The van der Waals surface area contributed by atoms with Crippen LogP contribution in [0.4, 0.5) is 0 Å². The highest BCUT2D eigenvalue weighted by molar-refractivity contribution is 7.00. The first-order valence-electron chi connectivity index (χ1n) is 7.57. The third-order valence-corrected chi connectivity index (χ3v) is 4.52. The maximum Gasteiger partial charge on any atom is 0.247 e. The Balaban J connectivity index is 1.49. The summed E-state index contributed by atoms with van der Waals surface area (Å²) in [5.74, 6) is 0.184. The minimum absolute atomic E-state index is 0.0358. The van der Waals surface area contributed by atoms with E-state index in [1.165, 1.54) is 16.7 Å². The van der Waals surface area contributed by atoms with E-state index in [1.807, 2.05) is 30.3 Å². The lowest BCUT2D eigenvalue weighted by atomic mass is 10.1. The molecule has 1 N–H and O–H groups in total. The molecule has 0 fully saturated rings. The molecule has 1 amide bonds. The van der Waals surface area contributed by atoms with Gasteiger partial charge in [0.1, 0.15) is 16.8 Å². The number of fused-ring (bicyclic) bond motifs is 1. The van der Waals surface area contributed by atoms with Gasteiger partial charge in [-0.2, -0.15) is 13.8 Å². The number of hydrogen-bond donors (Lipinski definition) is 1. The van der Waals surface area contributed by atoms with Crippen molar-refractivity contribution >= 4 is 34.4 Å². The Hall–Kier alpha value is -2.80. The first-order chi connectivity index (χ1) is 11.7. The van der Waals surface area contributed by atoms with Gasteiger partial charge in [-0.05, 0) is 47.5 Å². The standard InChI is InChI=1S/C17H14N4O2S/c22-13-4-2-12(3-5-13)14-7-8-21(18-14)17(23)10-11-1-6-15-16(9-11)20-24-19-15/h1-6,9,22H,7-8,10H2. The van der Waals surface area contributed by atoms with Crippen LogP contribution in [-0.4, -0.2) is 37.0 Å². The molecule has 0 radical (unpaired) electrons. The molecule has 3 aromatic rings. The van der Waals surface area contributed by atoms with Crippen LogP contribution in [0.25, 0.3) is 11.0 Å². The molecular weight excluding hydrogens is 324 g/mol. The lowest BCUT2D eigenvalue weighted by Gasteiger charge is -2.11. The highest BCUT2D eigenvalue weighted by Gasteiger charge is 2.21. The summed E-state index contributed by atoms with van der Waals surface area (Å²) in [6.07, 6.45) is 1.01. The van der Waals surface area contributed by atoms with Crippen molar-refractivity contribution in [3.63, 3.8) is 0 Å². The molecule has 2 heterocycles. The number of nitrogens with zero attached hydrogens (tertiary/aromatic N) is 4. The van der Waals surface area contributed by atoms with Gasteiger partial charge in [0, 0.05) is 6.42 Å². The zero-order valence-corrected chi connectivity index (χ0v) is 13.5. The molecule has 2 aromatic carbocycles. The Bertz CT molecular complexity index is 933. The summed E-state index contributed by atoms with van der Waals surface area (Å²) in [7, 11) is 0. The predicted octanol–water partition coefficient (Wildman–Crippen LogP) is 2.58. The molecule has 0 atom stereocenters. The van der Waals surface area contributed by atoms with Crippen molar-refractivity contribution in [3.8, 4) is 5.75 Å². The van der Waals surface area contributed by atoms with Gasteiger partial charge in [0.2, 0.25) is 5.91 Å². The number of hydrazone groups is 1. The van der Waals surface area contributed by atoms with Crippen LogP contribution >= 0.6 is 11.7 Å². The third-order valence-electron chi connectivity index (χ3n) is 3.96. The van der Waals surface area contributed by atoms with E-state index in [-0.39, 0.29) is 11.7 Å². The van der Waals surface area contributed by atoms with Gasteiger partial charge in [0.25, 0.3) is 0 Å². The first kappa shape index (κ1) is 14.8. The van der Waals surface area contributed by atoms with Gasteiger partial charge in [0.05, 0.1) is 30.4 Å². The van der Waals surface area contributed by atoms with Crippen LogP contribution in [0, 0.1) is 0 Å². The zero-order valence-electron chi connectivity index (χ0n) is 12.7. The summed E-state index contributed by atoms with van der Waals surface area (Å²) >= 11 is 1.17. The number of phenolic OH excluding ortho intramolecular Hbond substituents is 1. The van der Waals surface area contributed by atoms with E-state index in [9.17, 15) is 9.90 Å². The Kier molecular flexibility index (Phi) is 3.70. The Morgan fingerprint density at radius 2 is 1.92 bits per heavy atom. The molecule has 0 saturated heterocycles. The number of hydrogen-bond acceptors (Lipinski definition) is 6. The molecule has 1 aliphatic heterocycles. The second-order valence-corrected chi connectivity index (χ2v) is 6.15. The molecule has 1 aromatic heterocycles. The summed E-state index contributed by atoms with van der Waals surface area (Å²) in [5.41, 5.74) is 4.37. The van der Waals surface area contributed by atoms with Gasteiger partial charge in [-0.1, -0.05) is 6.07 Å².